The Bertz CT molecular complexity index is 675. The van der Waals surface area contributed by atoms with Crippen molar-refractivity contribution in [2.24, 2.45) is 0 Å². The van der Waals surface area contributed by atoms with Crippen LogP contribution >= 0.6 is 0 Å². The SMILES string of the molecule is CCCNCCNC(=O)c1ccc(Oc2ccc(F)cc2F)cc1. The summed E-state index contributed by atoms with van der Waals surface area (Å²) in [5, 5.41) is 5.99. The van der Waals surface area contributed by atoms with E-state index >= 15 is 0 Å². The molecular formula is C18H20F2N2O2. The Morgan fingerprint density at radius 1 is 1.04 bits per heavy atom. The first-order valence-electron chi connectivity index (χ1n) is 7.82. The van der Waals surface area contributed by atoms with Crippen molar-refractivity contribution >= 4 is 5.91 Å². The maximum Gasteiger partial charge on any atom is 0.251 e. The molecular weight excluding hydrogens is 314 g/mol. The largest absolute Gasteiger partial charge is 0.454 e. The highest BCUT2D eigenvalue weighted by molar-refractivity contribution is 5.94. The van der Waals surface area contributed by atoms with Crippen LogP contribution in [0.2, 0.25) is 0 Å². The second-order valence-corrected chi connectivity index (χ2v) is 5.21. The Hall–Kier alpha value is -2.47. The van der Waals surface area contributed by atoms with Crippen molar-refractivity contribution in [1.82, 2.24) is 10.6 Å². The molecule has 2 N–H and O–H groups in total. The summed E-state index contributed by atoms with van der Waals surface area (Å²) in [7, 11) is 0. The van der Waals surface area contributed by atoms with Gasteiger partial charge in [-0.25, -0.2) is 8.78 Å². The minimum atomic E-state index is -0.781. The van der Waals surface area contributed by atoms with Gasteiger partial charge in [0.05, 0.1) is 0 Å². The number of hydrogen-bond acceptors (Lipinski definition) is 3. The zero-order valence-corrected chi connectivity index (χ0v) is 13.4. The molecule has 128 valence electrons. The second kappa shape index (κ2) is 8.98. The fourth-order valence-electron chi connectivity index (χ4n) is 2.03. The fraction of sp³-hybridized carbons (Fsp3) is 0.278. The molecule has 1 amide bonds. The van der Waals surface area contributed by atoms with E-state index in [9.17, 15) is 13.6 Å². The molecule has 24 heavy (non-hydrogen) atoms. The van der Waals surface area contributed by atoms with E-state index in [2.05, 4.69) is 17.6 Å². The molecule has 2 rings (SSSR count). The summed E-state index contributed by atoms with van der Waals surface area (Å²) in [6.45, 7) is 4.25. The zero-order chi connectivity index (χ0) is 17.4. The van der Waals surface area contributed by atoms with E-state index in [1.807, 2.05) is 0 Å². The molecule has 2 aromatic rings. The maximum absolute atomic E-state index is 13.5. The second-order valence-electron chi connectivity index (χ2n) is 5.21. The van der Waals surface area contributed by atoms with Gasteiger partial charge in [-0.05, 0) is 49.4 Å². The molecule has 6 heteroatoms. The third-order valence-electron chi connectivity index (χ3n) is 3.25. The van der Waals surface area contributed by atoms with Gasteiger partial charge in [-0.1, -0.05) is 6.92 Å². The van der Waals surface area contributed by atoms with E-state index in [-0.39, 0.29) is 11.7 Å². The highest BCUT2D eigenvalue weighted by Gasteiger charge is 2.08. The molecule has 0 radical (unpaired) electrons. The standard InChI is InChI=1S/C18H20F2N2O2/c1-2-9-21-10-11-22-18(23)13-3-6-15(7-4-13)24-17-8-5-14(19)12-16(17)20/h3-8,12,21H,2,9-11H2,1H3,(H,22,23). The summed E-state index contributed by atoms with van der Waals surface area (Å²) in [4.78, 5) is 12.0. The lowest BCUT2D eigenvalue weighted by Crippen LogP contribution is -2.32. The molecule has 0 saturated carbocycles. The van der Waals surface area contributed by atoms with Crippen molar-refractivity contribution in [3.63, 3.8) is 0 Å². The van der Waals surface area contributed by atoms with Crippen molar-refractivity contribution in [3.8, 4) is 11.5 Å². The Kier molecular flexibility index (Phi) is 6.69. The van der Waals surface area contributed by atoms with Crippen LogP contribution in [0.25, 0.3) is 0 Å². The summed E-state index contributed by atoms with van der Waals surface area (Å²) in [6, 6.07) is 9.39. The molecule has 0 aliphatic rings. The minimum absolute atomic E-state index is 0.0735. The predicted octanol–water partition coefficient (Wildman–Crippen LogP) is 3.49. The van der Waals surface area contributed by atoms with Gasteiger partial charge in [-0.3, -0.25) is 4.79 Å². The lowest BCUT2D eigenvalue weighted by Gasteiger charge is -2.09. The van der Waals surface area contributed by atoms with Gasteiger partial charge >= 0.3 is 0 Å². The first-order chi connectivity index (χ1) is 11.6. The average molecular weight is 334 g/mol. The molecule has 0 aliphatic carbocycles. The normalized spacial score (nSPS) is 10.5. The number of nitrogens with one attached hydrogen (secondary N) is 2. The number of amides is 1. The van der Waals surface area contributed by atoms with Crippen molar-refractivity contribution in [3.05, 3.63) is 59.7 Å². The molecule has 0 bridgehead atoms. The van der Waals surface area contributed by atoms with Gasteiger partial charge in [0.2, 0.25) is 0 Å². The molecule has 0 aromatic heterocycles. The highest BCUT2D eigenvalue weighted by atomic mass is 19.1. The van der Waals surface area contributed by atoms with Gasteiger partial charge in [-0.2, -0.15) is 0 Å². The number of carbonyl (C=O) groups is 1. The van der Waals surface area contributed by atoms with Crippen LogP contribution in [0.1, 0.15) is 23.7 Å². The third kappa shape index (κ3) is 5.31. The lowest BCUT2D eigenvalue weighted by molar-refractivity contribution is 0.0954. The monoisotopic (exact) mass is 334 g/mol. The zero-order valence-electron chi connectivity index (χ0n) is 13.4. The van der Waals surface area contributed by atoms with Gasteiger partial charge < -0.3 is 15.4 Å². The van der Waals surface area contributed by atoms with Crippen molar-refractivity contribution < 1.29 is 18.3 Å². The number of rotatable bonds is 8. The van der Waals surface area contributed by atoms with Gasteiger partial charge in [0.1, 0.15) is 11.6 Å². The molecule has 0 fully saturated rings. The molecule has 0 aliphatic heterocycles. The molecule has 2 aromatic carbocycles. The van der Waals surface area contributed by atoms with Gasteiger partial charge in [0.25, 0.3) is 5.91 Å². The Morgan fingerprint density at radius 2 is 1.79 bits per heavy atom. The van der Waals surface area contributed by atoms with Crippen LogP contribution in [0.15, 0.2) is 42.5 Å². The van der Waals surface area contributed by atoms with Crippen LogP contribution in [0.5, 0.6) is 11.5 Å². The minimum Gasteiger partial charge on any atom is -0.454 e. The van der Waals surface area contributed by atoms with Gasteiger partial charge in [0, 0.05) is 24.7 Å². The summed E-state index contributed by atoms with van der Waals surface area (Å²) in [6.07, 6.45) is 1.05. The van der Waals surface area contributed by atoms with Crippen LogP contribution < -0.4 is 15.4 Å². The van der Waals surface area contributed by atoms with Gasteiger partial charge in [0.15, 0.2) is 11.6 Å². The van der Waals surface area contributed by atoms with E-state index in [1.165, 1.54) is 6.07 Å². The molecule has 0 saturated heterocycles. The van der Waals surface area contributed by atoms with E-state index in [4.69, 9.17) is 4.74 Å². The van der Waals surface area contributed by atoms with Crippen LogP contribution in [-0.2, 0) is 0 Å². The van der Waals surface area contributed by atoms with E-state index in [0.29, 0.717) is 24.4 Å². The number of ether oxygens (including phenoxy) is 1. The summed E-state index contributed by atoms with van der Waals surface area (Å²) in [5.74, 6) is -1.35. The third-order valence-corrected chi connectivity index (χ3v) is 3.25. The maximum atomic E-state index is 13.5. The molecule has 0 spiro atoms. The average Bonchev–Trinajstić information content (AvgIpc) is 2.57. The molecule has 0 heterocycles. The Labute approximate surface area is 139 Å². The smallest absolute Gasteiger partial charge is 0.251 e. The Balaban J connectivity index is 1.89. The van der Waals surface area contributed by atoms with E-state index in [0.717, 1.165) is 25.1 Å². The quantitative estimate of drug-likeness (QED) is 0.727. The topological polar surface area (TPSA) is 50.4 Å². The first kappa shape index (κ1) is 17.9. The highest BCUT2D eigenvalue weighted by Crippen LogP contribution is 2.25. The van der Waals surface area contributed by atoms with Crippen molar-refractivity contribution in [2.45, 2.75) is 13.3 Å². The van der Waals surface area contributed by atoms with Crippen molar-refractivity contribution in [2.75, 3.05) is 19.6 Å². The van der Waals surface area contributed by atoms with Crippen LogP contribution in [0.3, 0.4) is 0 Å². The molecule has 0 unspecified atom stereocenters. The summed E-state index contributed by atoms with van der Waals surface area (Å²) < 4.78 is 31.7. The summed E-state index contributed by atoms with van der Waals surface area (Å²) in [5.41, 5.74) is 0.484. The molecule has 4 nitrogen and oxygen atoms in total. The summed E-state index contributed by atoms with van der Waals surface area (Å²) >= 11 is 0. The number of carbonyl (C=O) groups excluding carboxylic acids is 1. The van der Waals surface area contributed by atoms with Crippen LogP contribution in [0, 0.1) is 11.6 Å². The first-order valence-corrected chi connectivity index (χ1v) is 7.82. The lowest BCUT2D eigenvalue weighted by atomic mass is 10.2. The number of benzene rings is 2. The number of halogens is 2. The molecule has 0 atom stereocenters. The fourth-order valence-corrected chi connectivity index (χ4v) is 2.03. The Morgan fingerprint density at radius 3 is 2.46 bits per heavy atom. The van der Waals surface area contributed by atoms with Crippen LogP contribution in [0.4, 0.5) is 8.78 Å². The van der Waals surface area contributed by atoms with Gasteiger partial charge in [-0.15, -0.1) is 0 Å². The van der Waals surface area contributed by atoms with E-state index in [1.54, 1.807) is 24.3 Å². The predicted molar refractivity (Wildman–Crippen MR) is 88.4 cm³/mol. The number of hydrogen-bond donors (Lipinski definition) is 2. The van der Waals surface area contributed by atoms with E-state index < -0.39 is 11.6 Å². The van der Waals surface area contributed by atoms with Crippen molar-refractivity contribution in [1.29, 1.82) is 0 Å². The van der Waals surface area contributed by atoms with Crippen LogP contribution in [-0.4, -0.2) is 25.5 Å².